The number of carbonyl (C=O) groups excluding carboxylic acids is 1. The summed E-state index contributed by atoms with van der Waals surface area (Å²) in [5.74, 6) is 0.394. The molecule has 0 aliphatic heterocycles. The van der Waals surface area contributed by atoms with Gasteiger partial charge in [-0.2, -0.15) is 0 Å². The molecule has 0 spiro atoms. The highest BCUT2D eigenvalue weighted by atomic mass is 16.5. The van der Waals surface area contributed by atoms with Crippen LogP contribution in [0.1, 0.15) is 32.6 Å². The Labute approximate surface area is 97.7 Å². The van der Waals surface area contributed by atoms with Crippen LogP contribution in [0, 0.1) is 5.92 Å². The van der Waals surface area contributed by atoms with Crippen LogP contribution in [0.25, 0.3) is 0 Å². The van der Waals surface area contributed by atoms with Crippen LogP contribution in [0.2, 0.25) is 0 Å². The smallest absolute Gasteiger partial charge is 0.307 e. The van der Waals surface area contributed by atoms with E-state index in [9.17, 15) is 4.79 Å². The molecule has 1 atom stereocenters. The monoisotopic (exact) mass is 229 g/mol. The quantitative estimate of drug-likeness (QED) is 0.638. The van der Waals surface area contributed by atoms with Gasteiger partial charge >= 0.3 is 5.97 Å². The number of methoxy groups -OCH3 is 2. The van der Waals surface area contributed by atoms with Gasteiger partial charge in [-0.15, -0.1) is 0 Å². The Morgan fingerprint density at radius 3 is 2.56 bits per heavy atom. The summed E-state index contributed by atoms with van der Waals surface area (Å²) < 4.78 is 10.1. The molecule has 0 amide bonds. The Morgan fingerprint density at radius 1 is 1.44 bits per heavy atom. The van der Waals surface area contributed by atoms with Crippen molar-refractivity contribution in [3.63, 3.8) is 0 Å². The first-order chi connectivity index (χ1) is 7.68. The van der Waals surface area contributed by atoms with Gasteiger partial charge in [-0.1, -0.05) is 6.92 Å². The highest BCUT2D eigenvalue weighted by molar-refractivity contribution is 5.71. The molecule has 16 heavy (non-hydrogen) atoms. The van der Waals surface area contributed by atoms with Crippen LogP contribution in [0.15, 0.2) is 0 Å². The minimum atomic E-state index is -0.210. The third-order valence-corrected chi connectivity index (χ3v) is 3.18. The highest BCUT2D eigenvalue weighted by Crippen LogP contribution is 2.42. The lowest BCUT2D eigenvalue weighted by atomic mass is 9.90. The molecule has 1 unspecified atom stereocenters. The maximum Gasteiger partial charge on any atom is 0.307 e. The summed E-state index contributed by atoms with van der Waals surface area (Å²) >= 11 is 0. The molecule has 0 saturated heterocycles. The average molecular weight is 229 g/mol. The van der Waals surface area contributed by atoms with Crippen LogP contribution in [0.3, 0.4) is 0 Å². The van der Waals surface area contributed by atoms with Gasteiger partial charge in [0.05, 0.1) is 25.7 Å². The summed E-state index contributed by atoms with van der Waals surface area (Å²) in [5, 5.41) is 3.49. The summed E-state index contributed by atoms with van der Waals surface area (Å²) in [4.78, 5) is 11.5. The molecule has 4 nitrogen and oxygen atoms in total. The van der Waals surface area contributed by atoms with E-state index >= 15 is 0 Å². The number of esters is 1. The number of nitrogens with one attached hydrogen (secondary N) is 1. The van der Waals surface area contributed by atoms with E-state index in [1.807, 2.05) is 0 Å². The molecule has 0 aromatic heterocycles. The zero-order valence-corrected chi connectivity index (χ0v) is 10.5. The van der Waals surface area contributed by atoms with Gasteiger partial charge in [0.15, 0.2) is 0 Å². The van der Waals surface area contributed by atoms with Gasteiger partial charge in [-0.3, -0.25) is 4.79 Å². The van der Waals surface area contributed by atoms with Gasteiger partial charge in [0.1, 0.15) is 0 Å². The number of hydrogen-bond donors (Lipinski definition) is 1. The van der Waals surface area contributed by atoms with E-state index in [4.69, 9.17) is 9.47 Å². The molecule has 1 rings (SSSR count). The number of carbonyl (C=O) groups is 1. The molecular weight excluding hydrogens is 206 g/mol. The van der Waals surface area contributed by atoms with Crippen molar-refractivity contribution in [3.8, 4) is 0 Å². The summed E-state index contributed by atoms with van der Waals surface area (Å²) in [5.41, 5.74) is -0.210. The molecule has 0 aromatic rings. The lowest BCUT2D eigenvalue weighted by molar-refractivity contribution is -0.143. The molecule has 1 N–H and O–H groups in total. The van der Waals surface area contributed by atoms with Crippen molar-refractivity contribution in [2.75, 3.05) is 27.4 Å². The van der Waals surface area contributed by atoms with E-state index in [2.05, 4.69) is 12.2 Å². The van der Waals surface area contributed by atoms with Gasteiger partial charge in [0.2, 0.25) is 0 Å². The number of hydrogen-bond acceptors (Lipinski definition) is 4. The molecule has 4 heteroatoms. The standard InChI is InChI=1S/C12H23NO3/c1-4-7-13-12(9-15-2,10-5-6-10)8-11(14)16-3/h10,13H,4-9H2,1-3H3. The molecule has 0 radical (unpaired) electrons. The Balaban J connectivity index is 2.65. The van der Waals surface area contributed by atoms with Crippen LogP contribution >= 0.6 is 0 Å². The van der Waals surface area contributed by atoms with Crippen molar-refractivity contribution >= 4 is 5.97 Å². The largest absolute Gasteiger partial charge is 0.469 e. The maximum absolute atomic E-state index is 11.5. The first-order valence-electron chi connectivity index (χ1n) is 5.99. The molecule has 0 heterocycles. The molecule has 0 bridgehead atoms. The molecule has 1 aliphatic carbocycles. The first-order valence-corrected chi connectivity index (χ1v) is 5.99. The molecular formula is C12H23NO3. The highest BCUT2D eigenvalue weighted by Gasteiger charge is 2.46. The van der Waals surface area contributed by atoms with Crippen molar-refractivity contribution in [2.45, 2.75) is 38.1 Å². The van der Waals surface area contributed by atoms with E-state index in [-0.39, 0.29) is 11.5 Å². The van der Waals surface area contributed by atoms with Crippen molar-refractivity contribution in [1.29, 1.82) is 0 Å². The third kappa shape index (κ3) is 3.46. The normalized spacial score (nSPS) is 19.2. The molecule has 1 fully saturated rings. The van der Waals surface area contributed by atoms with Gasteiger partial charge < -0.3 is 14.8 Å². The fraction of sp³-hybridized carbons (Fsp3) is 0.917. The van der Waals surface area contributed by atoms with Gasteiger partial charge in [0.25, 0.3) is 0 Å². The average Bonchev–Trinajstić information content (AvgIpc) is 3.10. The van der Waals surface area contributed by atoms with E-state index in [1.165, 1.54) is 20.0 Å². The van der Waals surface area contributed by atoms with Crippen molar-refractivity contribution in [1.82, 2.24) is 5.32 Å². The SMILES string of the molecule is CCCNC(COC)(CC(=O)OC)C1CC1. The second-order valence-corrected chi connectivity index (χ2v) is 4.54. The molecule has 1 saturated carbocycles. The van der Waals surface area contributed by atoms with E-state index in [1.54, 1.807) is 7.11 Å². The van der Waals surface area contributed by atoms with Gasteiger partial charge in [-0.05, 0) is 31.7 Å². The number of ether oxygens (including phenoxy) is 2. The van der Waals surface area contributed by atoms with Crippen LogP contribution in [0.5, 0.6) is 0 Å². The van der Waals surface area contributed by atoms with Crippen LogP contribution in [-0.4, -0.2) is 38.9 Å². The minimum Gasteiger partial charge on any atom is -0.469 e. The second kappa shape index (κ2) is 6.21. The van der Waals surface area contributed by atoms with Crippen LogP contribution in [0.4, 0.5) is 0 Å². The number of rotatable bonds is 8. The summed E-state index contributed by atoms with van der Waals surface area (Å²) in [6.07, 6.45) is 3.81. The zero-order valence-electron chi connectivity index (χ0n) is 10.5. The first kappa shape index (κ1) is 13.5. The Hall–Kier alpha value is -0.610. The predicted molar refractivity (Wildman–Crippen MR) is 62.3 cm³/mol. The Bertz CT molecular complexity index is 228. The summed E-state index contributed by atoms with van der Waals surface area (Å²) in [6, 6.07) is 0. The lowest BCUT2D eigenvalue weighted by Gasteiger charge is -2.33. The van der Waals surface area contributed by atoms with E-state index in [0.29, 0.717) is 18.9 Å². The van der Waals surface area contributed by atoms with Crippen LogP contribution < -0.4 is 5.32 Å². The van der Waals surface area contributed by atoms with E-state index < -0.39 is 0 Å². The fourth-order valence-corrected chi connectivity index (χ4v) is 2.17. The van der Waals surface area contributed by atoms with E-state index in [0.717, 1.165) is 13.0 Å². The molecule has 0 aromatic carbocycles. The zero-order chi connectivity index (χ0) is 12.0. The second-order valence-electron chi connectivity index (χ2n) is 4.54. The minimum absolute atomic E-state index is 0.160. The fourth-order valence-electron chi connectivity index (χ4n) is 2.17. The van der Waals surface area contributed by atoms with Crippen LogP contribution in [-0.2, 0) is 14.3 Å². The molecule has 1 aliphatic rings. The van der Waals surface area contributed by atoms with Crippen molar-refractivity contribution in [3.05, 3.63) is 0 Å². The van der Waals surface area contributed by atoms with Gasteiger partial charge in [0, 0.05) is 7.11 Å². The third-order valence-electron chi connectivity index (χ3n) is 3.18. The topological polar surface area (TPSA) is 47.6 Å². The molecule has 94 valence electrons. The Kier molecular flexibility index (Phi) is 5.22. The van der Waals surface area contributed by atoms with Gasteiger partial charge in [-0.25, -0.2) is 0 Å². The Morgan fingerprint density at radius 2 is 2.12 bits per heavy atom. The maximum atomic E-state index is 11.5. The lowest BCUT2D eigenvalue weighted by Crippen LogP contribution is -2.53. The van der Waals surface area contributed by atoms with Crippen molar-refractivity contribution in [2.24, 2.45) is 5.92 Å². The van der Waals surface area contributed by atoms with Crippen molar-refractivity contribution < 1.29 is 14.3 Å². The summed E-state index contributed by atoms with van der Waals surface area (Å²) in [6.45, 7) is 3.61. The predicted octanol–water partition coefficient (Wildman–Crippen LogP) is 1.34. The summed E-state index contributed by atoms with van der Waals surface area (Å²) in [7, 11) is 3.12.